The van der Waals surface area contributed by atoms with Gasteiger partial charge in [-0.1, -0.05) is 0 Å². The van der Waals surface area contributed by atoms with Gasteiger partial charge in [-0.15, -0.1) is 0 Å². The Morgan fingerprint density at radius 1 is 1.17 bits per heavy atom. The first-order valence-corrected chi connectivity index (χ1v) is 4.05. The minimum absolute atomic E-state index is 0.480. The molecule has 12 heavy (non-hydrogen) atoms. The highest BCUT2D eigenvalue weighted by Gasteiger charge is 1.98. The average Bonchev–Trinajstić information content (AvgIpc) is 2.01. The Bertz CT molecular complexity index is 118. The molecule has 4 nitrogen and oxygen atoms in total. The van der Waals surface area contributed by atoms with Crippen LogP contribution in [0.15, 0.2) is 0 Å². The van der Waals surface area contributed by atoms with Crippen molar-refractivity contribution in [1.82, 2.24) is 9.80 Å². The van der Waals surface area contributed by atoms with Crippen molar-refractivity contribution >= 4 is 6.47 Å². The molecular weight excluding hydrogens is 156 g/mol. The molecule has 0 aliphatic heterocycles. The summed E-state index contributed by atoms with van der Waals surface area (Å²) in [5.74, 6) is 0. The van der Waals surface area contributed by atoms with Crippen molar-refractivity contribution in [1.29, 1.82) is 0 Å². The fourth-order valence-electron chi connectivity index (χ4n) is 0.739. The topological polar surface area (TPSA) is 32.8 Å². The molecule has 0 fully saturated rings. The normalized spacial score (nSPS) is 10.8. The zero-order valence-corrected chi connectivity index (χ0v) is 8.12. The highest BCUT2D eigenvalue weighted by molar-refractivity contribution is 5.36. The molecule has 0 rings (SSSR count). The Hall–Kier alpha value is -0.610. The van der Waals surface area contributed by atoms with E-state index in [0.29, 0.717) is 13.1 Å². The summed E-state index contributed by atoms with van der Waals surface area (Å²) in [6.07, 6.45) is 0. The maximum Gasteiger partial charge on any atom is 0.293 e. The predicted octanol–water partition coefficient (Wildman–Crippen LogP) is -0.347. The summed E-state index contributed by atoms with van der Waals surface area (Å²) in [5.41, 5.74) is 0. The molecule has 4 heteroatoms. The van der Waals surface area contributed by atoms with Crippen LogP contribution in [-0.2, 0) is 9.53 Å². The van der Waals surface area contributed by atoms with Gasteiger partial charge in [-0.2, -0.15) is 0 Å². The molecule has 0 aromatic rings. The van der Waals surface area contributed by atoms with Crippen LogP contribution in [0.1, 0.15) is 0 Å². The second-order valence-electron chi connectivity index (χ2n) is 3.07. The minimum Gasteiger partial charge on any atom is -0.467 e. The SMILES string of the molecule is CN(C)CCN(C)CCOC=O. The van der Waals surface area contributed by atoms with E-state index < -0.39 is 0 Å². The molecule has 0 amide bonds. The van der Waals surface area contributed by atoms with Gasteiger partial charge in [-0.3, -0.25) is 4.79 Å². The molecule has 0 N–H and O–H groups in total. The van der Waals surface area contributed by atoms with Gasteiger partial charge in [0.25, 0.3) is 6.47 Å². The van der Waals surface area contributed by atoms with E-state index in [2.05, 4.69) is 14.5 Å². The smallest absolute Gasteiger partial charge is 0.293 e. The second kappa shape index (κ2) is 7.06. The Morgan fingerprint density at radius 2 is 1.83 bits per heavy atom. The van der Waals surface area contributed by atoms with Gasteiger partial charge in [0.15, 0.2) is 0 Å². The van der Waals surface area contributed by atoms with Gasteiger partial charge in [-0.25, -0.2) is 0 Å². The third-order valence-corrected chi connectivity index (χ3v) is 1.59. The number of carbonyl (C=O) groups is 1. The van der Waals surface area contributed by atoms with E-state index in [9.17, 15) is 4.79 Å². The molecule has 0 spiro atoms. The van der Waals surface area contributed by atoms with E-state index in [-0.39, 0.29) is 0 Å². The van der Waals surface area contributed by atoms with Crippen LogP contribution in [0, 0.1) is 0 Å². The number of nitrogens with zero attached hydrogens (tertiary/aromatic N) is 2. The molecule has 0 saturated carbocycles. The lowest BCUT2D eigenvalue weighted by Gasteiger charge is -2.18. The monoisotopic (exact) mass is 174 g/mol. The van der Waals surface area contributed by atoms with Crippen molar-refractivity contribution in [2.45, 2.75) is 0 Å². The third kappa shape index (κ3) is 7.50. The molecule has 0 aromatic heterocycles. The van der Waals surface area contributed by atoms with E-state index >= 15 is 0 Å². The Morgan fingerprint density at radius 3 is 2.33 bits per heavy atom. The molecule has 0 bridgehead atoms. The molecule has 0 aliphatic rings. The van der Waals surface area contributed by atoms with Crippen molar-refractivity contribution in [3.8, 4) is 0 Å². The average molecular weight is 174 g/mol. The standard InChI is InChI=1S/C8H18N2O2/c1-9(2)4-5-10(3)6-7-12-8-11/h8H,4-7H2,1-3H3. The lowest BCUT2D eigenvalue weighted by Crippen LogP contribution is -2.31. The molecule has 0 aromatic carbocycles. The highest BCUT2D eigenvalue weighted by Crippen LogP contribution is 1.83. The number of likely N-dealkylation sites (N-methyl/N-ethyl adjacent to an activating group) is 2. The number of carbonyl (C=O) groups excluding carboxylic acids is 1. The van der Waals surface area contributed by atoms with E-state index in [4.69, 9.17) is 0 Å². The predicted molar refractivity (Wildman–Crippen MR) is 48.1 cm³/mol. The summed E-state index contributed by atoms with van der Waals surface area (Å²) in [6.45, 7) is 3.78. The largest absolute Gasteiger partial charge is 0.467 e. The van der Waals surface area contributed by atoms with E-state index in [1.165, 1.54) is 0 Å². The molecule has 0 radical (unpaired) electrons. The van der Waals surface area contributed by atoms with Crippen molar-refractivity contribution in [3.63, 3.8) is 0 Å². The fraction of sp³-hybridized carbons (Fsp3) is 0.875. The van der Waals surface area contributed by atoms with Crippen molar-refractivity contribution in [2.75, 3.05) is 47.4 Å². The molecule has 0 atom stereocenters. The summed E-state index contributed by atoms with van der Waals surface area (Å²) in [7, 11) is 6.09. The number of ether oxygens (including phenoxy) is 1. The maximum absolute atomic E-state index is 9.80. The molecular formula is C8H18N2O2. The Labute approximate surface area is 74.1 Å². The van der Waals surface area contributed by atoms with Crippen molar-refractivity contribution in [3.05, 3.63) is 0 Å². The summed E-state index contributed by atoms with van der Waals surface area (Å²) in [5, 5.41) is 0. The zero-order chi connectivity index (χ0) is 9.40. The highest BCUT2D eigenvalue weighted by atomic mass is 16.5. The lowest BCUT2D eigenvalue weighted by atomic mass is 10.5. The van der Waals surface area contributed by atoms with Gasteiger partial charge >= 0.3 is 0 Å². The van der Waals surface area contributed by atoms with Crippen LogP contribution in [0.5, 0.6) is 0 Å². The Balaban J connectivity index is 3.21. The van der Waals surface area contributed by atoms with Crippen LogP contribution in [0.4, 0.5) is 0 Å². The summed E-state index contributed by atoms with van der Waals surface area (Å²) >= 11 is 0. The zero-order valence-electron chi connectivity index (χ0n) is 8.12. The Kier molecular flexibility index (Phi) is 6.70. The van der Waals surface area contributed by atoms with Gasteiger partial charge in [0.05, 0.1) is 0 Å². The van der Waals surface area contributed by atoms with Crippen molar-refractivity contribution < 1.29 is 9.53 Å². The van der Waals surface area contributed by atoms with Crippen LogP contribution >= 0.6 is 0 Å². The van der Waals surface area contributed by atoms with E-state index in [0.717, 1.165) is 19.6 Å². The number of rotatable bonds is 7. The first-order chi connectivity index (χ1) is 5.66. The van der Waals surface area contributed by atoms with Gasteiger partial charge in [0.1, 0.15) is 6.61 Å². The first kappa shape index (κ1) is 11.4. The first-order valence-electron chi connectivity index (χ1n) is 4.05. The van der Waals surface area contributed by atoms with Gasteiger partial charge in [-0.05, 0) is 21.1 Å². The van der Waals surface area contributed by atoms with E-state index in [1.807, 2.05) is 21.1 Å². The number of hydrogen-bond donors (Lipinski definition) is 0. The van der Waals surface area contributed by atoms with Crippen LogP contribution < -0.4 is 0 Å². The summed E-state index contributed by atoms with van der Waals surface area (Å²) in [4.78, 5) is 14.1. The van der Waals surface area contributed by atoms with Crippen LogP contribution in [-0.4, -0.2) is 63.7 Å². The van der Waals surface area contributed by atoms with Crippen LogP contribution in [0.3, 0.4) is 0 Å². The maximum atomic E-state index is 9.80. The van der Waals surface area contributed by atoms with Gasteiger partial charge < -0.3 is 14.5 Å². The molecule has 0 heterocycles. The van der Waals surface area contributed by atoms with Crippen LogP contribution in [0.2, 0.25) is 0 Å². The van der Waals surface area contributed by atoms with Crippen molar-refractivity contribution in [2.24, 2.45) is 0 Å². The molecule has 72 valence electrons. The third-order valence-electron chi connectivity index (χ3n) is 1.59. The lowest BCUT2D eigenvalue weighted by molar-refractivity contribution is -0.129. The molecule has 0 unspecified atom stereocenters. The fourth-order valence-corrected chi connectivity index (χ4v) is 0.739. The van der Waals surface area contributed by atoms with E-state index in [1.54, 1.807) is 0 Å². The summed E-state index contributed by atoms with van der Waals surface area (Å²) < 4.78 is 4.58. The molecule has 0 aliphatic carbocycles. The summed E-state index contributed by atoms with van der Waals surface area (Å²) in [6, 6.07) is 0. The van der Waals surface area contributed by atoms with Gasteiger partial charge in [0, 0.05) is 19.6 Å². The minimum atomic E-state index is 0.480. The van der Waals surface area contributed by atoms with Crippen LogP contribution in [0.25, 0.3) is 0 Å². The number of hydrogen-bond acceptors (Lipinski definition) is 4. The quantitative estimate of drug-likeness (QED) is 0.390. The second-order valence-corrected chi connectivity index (χ2v) is 3.07. The van der Waals surface area contributed by atoms with Gasteiger partial charge in [0.2, 0.25) is 0 Å². The molecule has 0 saturated heterocycles.